The number of ether oxygens (including phenoxy) is 1. The van der Waals surface area contributed by atoms with Crippen LogP contribution in [0.4, 0.5) is 17.6 Å². The van der Waals surface area contributed by atoms with Crippen molar-refractivity contribution in [2.75, 3.05) is 32.8 Å². The normalized spacial score (nSPS) is 21.7. The molecule has 0 spiro atoms. The van der Waals surface area contributed by atoms with Crippen molar-refractivity contribution >= 4 is 11.8 Å². The molecule has 0 radical (unpaired) electrons. The molecule has 2 aliphatic heterocycles. The Balaban J connectivity index is 1.13. The number of alkyl halides is 3. The fraction of sp³-hybridized carbons (Fsp3) is 0.533. The monoisotopic (exact) mass is 561 g/mol. The summed E-state index contributed by atoms with van der Waals surface area (Å²) in [6.07, 6.45) is -0.293. The number of amides is 2. The van der Waals surface area contributed by atoms with Crippen LogP contribution < -0.4 is 10.5 Å². The lowest BCUT2D eigenvalue weighted by Gasteiger charge is -2.47. The lowest BCUT2D eigenvalue weighted by molar-refractivity contribution is -0.256. The third-order valence-electron chi connectivity index (χ3n) is 8.86. The predicted octanol–water partition coefficient (Wildman–Crippen LogP) is 5.41. The molecule has 0 aromatic heterocycles. The Kier molecular flexibility index (Phi) is 8.08. The molecule has 2 aromatic carbocycles. The molecule has 5 rings (SSSR count). The Bertz CT molecular complexity index is 1220. The van der Waals surface area contributed by atoms with E-state index in [4.69, 9.17) is 10.5 Å². The van der Waals surface area contributed by atoms with Gasteiger partial charge in [0.1, 0.15) is 17.6 Å². The summed E-state index contributed by atoms with van der Waals surface area (Å²) in [7, 11) is 0. The molecule has 3 aliphatic rings. The van der Waals surface area contributed by atoms with Gasteiger partial charge in [-0.1, -0.05) is 18.6 Å². The average molecular weight is 562 g/mol. The molecule has 2 saturated heterocycles. The number of halogens is 4. The van der Waals surface area contributed by atoms with Crippen molar-refractivity contribution in [3.8, 4) is 16.9 Å². The van der Waals surface area contributed by atoms with Crippen molar-refractivity contribution in [1.82, 2.24) is 9.80 Å². The van der Waals surface area contributed by atoms with E-state index in [-0.39, 0.29) is 31.2 Å². The Morgan fingerprint density at radius 1 is 0.975 bits per heavy atom. The number of likely N-dealkylation sites (tertiary alicyclic amines) is 2. The summed E-state index contributed by atoms with van der Waals surface area (Å²) in [6.45, 7) is 2.16. The lowest BCUT2D eigenvalue weighted by Crippen LogP contribution is -2.53. The summed E-state index contributed by atoms with van der Waals surface area (Å²) >= 11 is 0. The van der Waals surface area contributed by atoms with E-state index in [0.29, 0.717) is 61.5 Å². The fourth-order valence-corrected chi connectivity index (χ4v) is 6.17. The molecule has 2 amide bonds. The molecule has 2 N–H and O–H groups in total. The quantitative estimate of drug-likeness (QED) is 0.438. The largest absolute Gasteiger partial charge is 0.493 e. The number of rotatable bonds is 8. The van der Waals surface area contributed by atoms with Crippen LogP contribution in [0, 0.1) is 17.2 Å². The van der Waals surface area contributed by atoms with Crippen LogP contribution >= 0.6 is 0 Å². The first-order valence-electron chi connectivity index (χ1n) is 14.0. The van der Waals surface area contributed by atoms with Gasteiger partial charge in [-0.05, 0) is 87.4 Å². The second-order valence-electron chi connectivity index (χ2n) is 11.4. The van der Waals surface area contributed by atoms with Gasteiger partial charge in [0.2, 0.25) is 5.91 Å². The van der Waals surface area contributed by atoms with Gasteiger partial charge in [0.05, 0.1) is 12.0 Å². The molecule has 1 atom stereocenters. The van der Waals surface area contributed by atoms with E-state index < -0.39 is 29.4 Å². The summed E-state index contributed by atoms with van der Waals surface area (Å²) in [5.74, 6) is -0.645. The van der Waals surface area contributed by atoms with Crippen LogP contribution in [-0.4, -0.2) is 66.6 Å². The summed E-state index contributed by atoms with van der Waals surface area (Å²) < 4.78 is 61.3. The van der Waals surface area contributed by atoms with Gasteiger partial charge in [-0.25, -0.2) is 4.39 Å². The molecule has 6 nitrogen and oxygen atoms in total. The maximum absolute atomic E-state index is 15.0. The third-order valence-corrected chi connectivity index (χ3v) is 8.86. The van der Waals surface area contributed by atoms with Crippen molar-refractivity contribution in [1.29, 1.82) is 0 Å². The van der Waals surface area contributed by atoms with Crippen molar-refractivity contribution in [3.05, 3.63) is 53.8 Å². The first-order chi connectivity index (χ1) is 19.1. The molecule has 3 fully saturated rings. The average Bonchev–Trinajstić information content (AvgIpc) is 3.40. The molecule has 0 bridgehead atoms. The molecular weight excluding hydrogens is 526 g/mol. The maximum Gasteiger partial charge on any atom is 0.395 e. The van der Waals surface area contributed by atoms with Gasteiger partial charge in [-0.15, -0.1) is 0 Å². The zero-order valence-electron chi connectivity index (χ0n) is 22.4. The highest BCUT2D eigenvalue weighted by Gasteiger charge is 2.58. The Hall–Kier alpha value is -3.14. The van der Waals surface area contributed by atoms with E-state index in [2.05, 4.69) is 0 Å². The first-order valence-corrected chi connectivity index (χ1v) is 14.0. The number of hydrogen-bond donors (Lipinski definition) is 1. The SMILES string of the molecule is NC(=O)C1CCCN1C(=O)c1ccc(-c2ccc(OCC3CCN(CC4(C(F)(F)F)CCC4)CC3)cc2F)cc1. The van der Waals surface area contributed by atoms with Crippen LogP contribution in [-0.2, 0) is 4.79 Å². The summed E-state index contributed by atoms with van der Waals surface area (Å²) in [5.41, 5.74) is 5.26. The summed E-state index contributed by atoms with van der Waals surface area (Å²) in [5, 5.41) is 0. The van der Waals surface area contributed by atoms with Crippen molar-refractivity contribution in [2.24, 2.45) is 17.1 Å². The number of nitrogens with zero attached hydrogens (tertiary/aromatic N) is 2. The van der Waals surface area contributed by atoms with Gasteiger partial charge in [0.15, 0.2) is 0 Å². The highest BCUT2D eigenvalue weighted by Crippen LogP contribution is 2.53. The van der Waals surface area contributed by atoms with Crippen molar-refractivity contribution in [2.45, 2.75) is 57.2 Å². The Labute approximate surface area is 231 Å². The minimum Gasteiger partial charge on any atom is -0.493 e. The standard InChI is InChI=1S/C30H35F4N3O3/c31-25-17-23(40-18-20-10-15-36(16-11-20)19-29(12-2-13-29)30(32,33)34)8-9-24(25)21-4-6-22(7-5-21)28(39)37-14-1-3-26(37)27(35)38/h4-9,17,20,26H,1-3,10-16,18-19H2,(H2,35,38). The van der Waals surface area contributed by atoms with Crippen LogP contribution in [0.25, 0.3) is 11.1 Å². The van der Waals surface area contributed by atoms with Crippen LogP contribution in [0.15, 0.2) is 42.5 Å². The van der Waals surface area contributed by atoms with Gasteiger partial charge in [-0.2, -0.15) is 13.2 Å². The van der Waals surface area contributed by atoms with Crippen LogP contribution in [0.5, 0.6) is 5.75 Å². The van der Waals surface area contributed by atoms with Gasteiger partial charge in [-0.3, -0.25) is 9.59 Å². The van der Waals surface area contributed by atoms with Crippen molar-refractivity contribution < 1.29 is 31.9 Å². The van der Waals surface area contributed by atoms with Crippen molar-refractivity contribution in [3.63, 3.8) is 0 Å². The number of carbonyl (C=O) groups excluding carboxylic acids is 2. The Morgan fingerprint density at radius 3 is 2.25 bits per heavy atom. The topological polar surface area (TPSA) is 75.9 Å². The number of primary amides is 1. The van der Waals surface area contributed by atoms with Gasteiger partial charge in [0.25, 0.3) is 5.91 Å². The van der Waals surface area contributed by atoms with Crippen LogP contribution in [0.3, 0.4) is 0 Å². The number of nitrogens with two attached hydrogens (primary N) is 1. The molecule has 2 heterocycles. The number of piperidine rings is 1. The summed E-state index contributed by atoms with van der Waals surface area (Å²) in [4.78, 5) is 27.9. The molecule has 10 heteroatoms. The van der Waals surface area contributed by atoms with E-state index in [1.54, 1.807) is 36.4 Å². The van der Waals surface area contributed by atoms with E-state index in [9.17, 15) is 27.2 Å². The third kappa shape index (κ3) is 5.82. The second kappa shape index (κ2) is 11.4. The van der Waals surface area contributed by atoms with Crippen LogP contribution in [0.1, 0.15) is 55.3 Å². The Morgan fingerprint density at radius 2 is 1.68 bits per heavy atom. The highest BCUT2D eigenvalue weighted by atomic mass is 19.4. The van der Waals surface area contributed by atoms with Gasteiger partial charge >= 0.3 is 6.18 Å². The zero-order valence-corrected chi connectivity index (χ0v) is 22.4. The number of benzene rings is 2. The van der Waals surface area contributed by atoms with E-state index in [0.717, 1.165) is 19.3 Å². The smallest absolute Gasteiger partial charge is 0.395 e. The maximum atomic E-state index is 15.0. The molecule has 216 valence electrons. The molecule has 2 aromatic rings. The molecular formula is C30H35F4N3O3. The molecule has 1 unspecified atom stereocenters. The zero-order chi connectivity index (χ0) is 28.5. The number of carbonyl (C=O) groups is 2. The van der Waals surface area contributed by atoms with E-state index >= 15 is 0 Å². The van der Waals surface area contributed by atoms with Crippen LogP contribution in [0.2, 0.25) is 0 Å². The summed E-state index contributed by atoms with van der Waals surface area (Å²) in [6, 6.07) is 10.6. The van der Waals surface area contributed by atoms with Gasteiger partial charge < -0.3 is 20.3 Å². The number of hydrogen-bond acceptors (Lipinski definition) is 4. The highest BCUT2D eigenvalue weighted by molar-refractivity contribution is 5.98. The minimum absolute atomic E-state index is 0.0814. The second-order valence-corrected chi connectivity index (χ2v) is 11.4. The van der Waals surface area contributed by atoms with Gasteiger partial charge in [0, 0.05) is 30.3 Å². The van der Waals surface area contributed by atoms with E-state index in [1.807, 2.05) is 4.90 Å². The minimum atomic E-state index is -4.15. The molecule has 1 saturated carbocycles. The fourth-order valence-electron chi connectivity index (χ4n) is 6.17. The molecule has 40 heavy (non-hydrogen) atoms. The lowest BCUT2D eigenvalue weighted by atomic mass is 9.67. The van der Waals surface area contributed by atoms with E-state index in [1.165, 1.54) is 11.0 Å². The first kappa shape index (κ1) is 28.4. The predicted molar refractivity (Wildman–Crippen MR) is 142 cm³/mol. The molecule has 1 aliphatic carbocycles.